The Labute approximate surface area is 150 Å². The highest BCUT2D eigenvalue weighted by Gasteiger charge is 2.52. The third-order valence-corrected chi connectivity index (χ3v) is 3.28. The molecule has 0 radical (unpaired) electrons. The lowest BCUT2D eigenvalue weighted by Gasteiger charge is -2.43. The van der Waals surface area contributed by atoms with E-state index in [-0.39, 0.29) is 0 Å². The van der Waals surface area contributed by atoms with Gasteiger partial charge >= 0.3 is 30.0 Å². The number of aliphatic hydroxyl groups excluding tert-OH is 1. The minimum Gasteiger partial charge on any atom is -0.463 e. The molecule has 1 aliphatic heterocycles. The molecule has 0 aliphatic carbocycles. The maximum absolute atomic E-state index is 12.5. The lowest BCUT2D eigenvalue weighted by Crippen LogP contribution is -2.67. The van der Waals surface area contributed by atoms with Gasteiger partial charge in [0.15, 0.2) is 18.5 Å². The van der Waals surface area contributed by atoms with Crippen LogP contribution >= 0.6 is 0 Å². The van der Waals surface area contributed by atoms with Crippen LogP contribution in [0, 0.1) is 0 Å². The molecule has 1 amide bonds. The molecule has 0 aromatic rings. The standard InChI is InChI=1S/C14H18F3NO9/c1-5(19)24-4-8-10(25-6(2)20)11(26-7(3)21)9(12(22)27-8)18-13(23)14(15,16)17/h8-12,22H,4H2,1-3H3,(H,18,23)/t8-,9+,10-,11+,12-/m1/s1. The first-order chi connectivity index (χ1) is 12.3. The van der Waals surface area contributed by atoms with Crippen molar-refractivity contribution in [2.75, 3.05) is 6.61 Å². The topological polar surface area (TPSA) is 137 Å². The number of carbonyl (C=O) groups is 4. The van der Waals surface area contributed by atoms with Crippen molar-refractivity contribution >= 4 is 23.8 Å². The third-order valence-electron chi connectivity index (χ3n) is 3.28. The average Bonchev–Trinajstić information content (AvgIpc) is 2.49. The molecular formula is C14H18F3NO9. The fourth-order valence-electron chi connectivity index (χ4n) is 2.31. The molecule has 0 aromatic heterocycles. The lowest BCUT2D eigenvalue weighted by atomic mass is 9.96. The molecular weight excluding hydrogens is 383 g/mol. The second kappa shape index (κ2) is 8.99. The largest absolute Gasteiger partial charge is 0.471 e. The molecule has 2 N–H and O–H groups in total. The number of esters is 3. The van der Waals surface area contributed by atoms with E-state index >= 15 is 0 Å². The lowest BCUT2D eigenvalue weighted by molar-refractivity contribution is -0.266. The van der Waals surface area contributed by atoms with Crippen molar-refractivity contribution < 1.29 is 56.4 Å². The van der Waals surface area contributed by atoms with E-state index in [1.54, 1.807) is 0 Å². The van der Waals surface area contributed by atoms with Gasteiger partial charge in [-0.3, -0.25) is 19.2 Å². The van der Waals surface area contributed by atoms with Gasteiger partial charge < -0.3 is 29.4 Å². The van der Waals surface area contributed by atoms with E-state index in [1.807, 2.05) is 0 Å². The zero-order valence-corrected chi connectivity index (χ0v) is 14.4. The molecule has 5 atom stereocenters. The zero-order valence-electron chi connectivity index (χ0n) is 14.4. The molecule has 0 unspecified atom stereocenters. The van der Waals surface area contributed by atoms with E-state index < -0.39 is 67.2 Å². The number of nitrogens with one attached hydrogen (secondary N) is 1. The van der Waals surface area contributed by atoms with Gasteiger partial charge in [0.05, 0.1) is 0 Å². The fraction of sp³-hybridized carbons (Fsp3) is 0.714. The predicted molar refractivity (Wildman–Crippen MR) is 76.6 cm³/mol. The molecule has 1 fully saturated rings. The number of aliphatic hydroxyl groups is 1. The minimum atomic E-state index is -5.30. The van der Waals surface area contributed by atoms with Crippen molar-refractivity contribution in [2.45, 2.75) is 57.6 Å². The molecule has 27 heavy (non-hydrogen) atoms. The van der Waals surface area contributed by atoms with Gasteiger partial charge in [0.25, 0.3) is 0 Å². The average molecular weight is 401 g/mol. The Balaban J connectivity index is 3.18. The van der Waals surface area contributed by atoms with Crippen LogP contribution in [0.2, 0.25) is 0 Å². The Kier molecular flexibility index (Phi) is 7.54. The van der Waals surface area contributed by atoms with Crippen LogP contribution in [0.4, 0.5) is 13.2 Å². The van der Waals surface area contributed by atoms with E-state index in [9.17, 15) is 37.5 Å². The van der Waals surface area contributed by atoms with Gasteiger partial charge in [-0.05, 0) is 0 Å². The number of hydrogen-bond acceptors (Lipinski definition) is 9. The molecule has 1 heterocycles. The Morgan fingerprint density at radius 3 is 1.96 bits per heavy atom. The summed E-state index contributed by atoms with van der Waals surface area (Å²) in [5.41, 5.74) is 0. The maximum atomic E-state index is 12.5. The number of hydrogen-bond donors (Lipinski definition) is 2. The molecule has 13 heteroatoms. The van der Waals surface area contributed by atoms with Gasteiger partial charge in [-0.1, -0.05) is 0 Å². The van der Waals surface area contributed by atoms with E-state index in [2.05, 4.69) is 0 Å². The molecule has 0 saturated carbocycles. The summed E-state index contributed by atoms with van der Waals surface area (Å²) < 4.78 is 57.1. The van der Waals surface area contributed by atoms with Gasteiger partial charge in [0, 0.05) is 20.8 Å². The number of amides is 1. The fourth-order valence-corrected chi connectivity index (χ4v) is 2.31. The SMILES string of the molecule is CC(=O)OC[C@H]1O[C@@H](O)[C@@H](NC(=O)C(F)(F)F)[C@H](OC(C)=O)[C@@H]1OC(C)=O. The molecule has 0 spiro atoms. The first-order valence-corrected chi connectivity index (χ1v) is 7.52. The first-order valence-electron chi connectivity index (χ1n) is 7.52. The number of alkyl halides is 3. The Morgan fingerprint density at radius 1 is 1.00 bits per heavy atom. The van der Waals surface area contributed by atoms with Crippen molar-refractivity contribution in [3.8, 4) is 0 Å². The number of halogens is 3. The van der Waals surface area contributed by atoms with Crippen LogP contribution < -0.4 is 5.32 Å². The van der Waals surface area contributed by atoms with E-state index in [1.165, 1.54) is 5.32 Å². The van der Waals surface area contributed by atoms with Crippen molar-refractivity contribution in [3.63, 3.8) is 0 Å². The van der Waals surface area contributed by atoms with Gasteiger partial charge in [-0.2, -0.15) is 13.2 Å². The minimum absolute atomic E-state index is 0.567. The molecule has 1 aliphatic rings. The maximum Gasteiger partial charge on any atom is 0.471 e. The van der Waals surface area contributed by atoms with Crippen molar-refractivity contribution in [3.05, 3.63) is 0 Å². The van der Waals surface area contributed by atoms with Crippen LogP contribution in [0.3, 0.4) is 0 Å². The van der Waals surface area contributed by atoms with Gasteiger partial charge in [-0.25, -0.2) is 0 Å². The van der Waals surface area contributed by atoms with Crippen LogP contribution in [0.15, 0.2) is 0 Å². The second-order valence-corrected chi connectivity index (χ2v) is 5.51. The molecule has 0 aromatic carbocycles. The predicted octanol–water partition coefficient (Wildman–Crippen LogP) is -0.823. The Hall–Kier alpha value is -2.41. The Morgan fingerprint density at radius 2 is 1.52 bits per heavy atom. The Bertz CT molecular complexity index is 595. The highest BCUT2D eigenvalue weighted by molar-refractivity contribution is 5.82. The van der Waals surface area contributed by atoms with E-state index in [0.717, 1.165) is 20.8 Å². The highest BCUT2D eigenvalue weighted by atomic mass is 19.4. The van der Waals surface area contributed by atoms with Gasteiger partial charge in [0.1, 0.15) is 18.8 Å². The number of carbonyl (C=O) groups excluding carboxylic acids is 4. The monoisotopic (exact) mass is 401 g/mol. The summed E-state index contributed by atoms with van der Waals surface area (Å²) >= 11 is 0. The first kappa shape index (κ1) is 22.6. The number of rotatable bonds is 5. The van der Waals surface area contributed by atoms with Crippen LogP contribution in [0.5, 0.6) is 0 Å². The van der Waals surface area contributed by atoms with Crippen LogP contribution in [-0.2, 0) is 38.1 Å². The molecule has 1 rings (SSSR count). The van der Waals surface area contributed by atoms with Crippen LogP contribution in [0.1, 0.15) is 20.8 Å². The molecule has 1 saturated heterocycles. The normalized spacial score (nSPS) is 28.0. The van der Waals surface area contributed by atoms with Crippen LogP contribution in [-0.4, -0.2) is 72.3 Å². The molecule has 0 bridgehead atoms. The van der Waals surface area contributed by atoms with Gasteiger partial charge in [-0.15, -0.1) is 0 Å². The van der Waals surface area contributed by atoms with Gasteiger partial charge in [0.2, 0.25) is 0 Å². The second-order valence-electron chi connectivity index (χ2n) is 5.51. The summed E-state index contributed by atoms with van der Waals surface area (Å²) in [5, 5.41) is 11.4. The van der Waals surface area contributed by atoms with Crippen molar-refractivity contribution in [1.82, 2.24) is 5.32 Å². The highest BCUT2D eigenvalue weighted by Crippen LogP contribution is 2.27. The summed E-state index contributed by atoms with van der Waals surface area (Å²) in [4.78, 5) is 44.9. The van der Waals surface area contributed by atoms with Crippen molar-refractivity contribution in [1.29, 1.82) is 0 Å². The molecule has 154 valence electrons. The summed E-state index contributed by atoms with van der Waals surface area (Å²) in [6.45, 7) is 2.36. The summed E-state index contributed by atoms with van der Waals surface area (Å²) in [6.07, 6.45) is -12.1. The van der Waals surface area contributed by atoms with Crippen molar-refractivity contribution in [2.24, 2.45) is 0 Å². The zero-order chi connectivity index (χ0) is 20.9. The summed E-state index contributed by atoms with van der Waals surface area (Å²) in [7, 11) is 0. The number of ether oxygens (including phenoxy) is 4. The quantitative estimate of drug-likeness (QED) is 0.447. The van der Waals surface area contributed by atoms with E-state index in [0.29, 0.717) is 0 Å². The third kappa shape index (κ3) is 6.67. The van der Waals surface area contributed by atoms with E-state index in [4.69, 9.17) is 18.9 Å². The summed E-state index contributed by atoms with van der Waals surface area (Å²) in [6, 6.07) is -1.92. The smallest absolute Gasteiger partial charge is 0.463 e. The van der Waals surface area contributed by atoms with Crippen LogP contribution in [0.25, 0.3) is 0 Å². The molecule has 10 nitrogen and oxygen atoms in total. The summed E-state index contributed by atoms with van der Waals surface area (Å²) in [5.74, 6) is -5.12.